The van der Waals surface area contributed by atoms with Crippen molar-refractivity contribution in [3.8, 4) is 0 Å². The number of aliphatic hydroxyl groups is 1. The van der Waals surface area contributed by atoms with Crippen molar-refractivity contribution in [2.24, 2.45) is 5.92 Å². The van der Waals surface area contributed by atoms with E-state index >= 15 is 0 Å². The van der Waals surface area contributed by atoms with Gasteiger partial charge in [0.25, 0.3) is 0 Å². The van der Waals surface area contributed by atoms with E-state index in [0.717, 1.165) is 19.5 Å². The van der Waals surface area contributed by atoms with Crippen LogP contribution in [0.2, 0.25) is 0 Å². The van der Waals surface area contributed by atoms with Gasteiger partial charge in [-0.3, -0.25) is 4.90 Å². The highest BCUT2D eigenvalue weighted by Gasteiger charge is 2.31. The molecule has 0 radical (unpaired) electrons. The summed E-state index contributed by atoms with van der Waals surface area (Å²) in [7, 11) is 0. The number of β-amino-alcohol motifs (C(OH)–C–C–N with tert-alkyl or cyclic N) is 1. The lowest BCUT2D eigenvalue weighted by molar-refractivity contribution is 0.175. The van der Waals surface area contributed by atoms with Gasteiger partial charge in [-0.15, -0.1) is 0 Å². The second kappa shape index (κ2) is 3.55. The summed E-state index contributed by atoms with van der Waals surface area (Å²) in [5.41, 5.74) is 0. The highest BCUT2D eigenvalue weighted by molar-refractivity contribution is 4.85. The normalized spacial score (nSPS) is 33.5. The molecule has 1 fully saturated rings. The molecule has 0 aliphatic carbocycles. The van der Waals surface area contributed by atoms with Crippen molar-refractivity contribution < 1.29 is 5.11 Å². The lowest BCUT2D eigenvalue weighted by atomic mass is 10.0. The molecule has 1 aliphatic heterocycles. The van der Waals surface area contributed by atoms with Crippen LogP contribution in [0, 0.1) is 5.92 Å². The fourth-order valence-electron chi connectivity index (χ4n) is 1.97. The predicted molar refractivity (Wildman–Crippen MR) is 46.5 cm³/mol. The standard InChI is InChI=1S/C9H19NO/c1-4-10-6-8(11)5-9(10)7(2)3/h7-9,11H,4-6H2,1-3H3/t8-,9-/m0/s1. The van der Waals surface area contributed by atoms with Gasteiger partial charge in [0.2, 0.25) is 0 Å². The number of likely N-dealkylation sites (N-methyl/N-ethyl adjacent to an activating group) is 1. The Morgan fingerprint density at radius 3 is 2.55 bits per heavy atom. The zero-order valence-corrected chi connectivity index (χ0v) is 7.75. The van der Waals surface area contributed by atoms with Gasteiger partial charge in [-0.25, -0.2) is 0 Å². The molecule has 0 aromatic heterocycles. The first kappa shape index (κ1) is 9.01. The monoisotopic (exact) mass is 157 g/mol. The highest BCUT2D eigenvalue weighted by atomic mass is 16.3. The lowest BCUT2D eigenvalue weighted by Crippen LogP contribution is -2.33. The Kier molecular flexibility index (Phi) is 2.90. The average molecular weight is 157 g/mol. The summed E-state index contributed by atoms with van der Waals surface area (Å²) in [6, 6.07) is 0.606. The van der Waals surface area contributed by atoms with E-state index in [1.165, 1.54) is 0 Å². The van der Waals surface area contributed by atoms with Crippen molar-refractivity contribution in [1.29, 1.82) is 0 Å². The molecule has 0 saturated carbocycles. The van der Waals surface area contributed by atoms with Gasteiger partial charge in [-0.1, -0.05) is 20.8 Å². The van der Waals surface area contributed by atoms with E-state index in [4.69, 9.17) is 0 Å². The van der Waals surface area contributed by atoms with Crippen LogP contribution < -0.4 is 0 Å². The molecule has 0 spiro atoms. The molecule has 11 heavy (non-hydrogen) atoms. The third kappa shape index (κ3) is 1.94. The number of aliphatic hydroxyl groups excluding tert-OH is 1. The zero-order valence-electron chi connectivity index (χ0n) is 7.75. The van der Waals surface area contributed by atoms with E-state index in [9.17, 15) is 5.11 Å². The Labute approximate surface area is 69.2 Å². The van der Waals surface area contributed by atoms with Crippen LogP contribution >= 0.6 is 0 Å². The maximum absolute atomic E-state index is 9.41. The second-order valence-corrected chi connectivity index (χ2v) is 3.79. The van der Waals surface area contributed by atoms with Crippen LogP contribution in [0.1, 0.15) is 27.2 Å². The van der Waals surface area contributed by atoms with Crippen molar-refractivity contribution in [1.82, 2.24) is 4.90 Å². The first-order valence-corrected chi connectivity index (χ1v) is 4.57. The molecule has 2 heteroatoms. The Bertz CT molecular complexity index is 125. The number of likely N-dealkylation sites (tertiary alicyclic amines) is 1. The summed E-state index contributed by atoms with van der Waals surface area (Å²) >= 11 is 0. The molecule has 2 nitrogen and oxygen atoms in total. The summed E-state index contributed by atoms with van der Waals surface area (Å²) in [6.45, 7) is 8.56. The molecule has 66 valence electrons. The Morgan fingerprint density at radius 2 is 2.18 bits per heavy atom. The van der Waals surface area contributed by atoms with Gasteiger partial charge >= 0.3 is 0 Å². The Morgan fingerprint density at radius 1 is 1.55 bits per heavy atom. The fourth-order valence-corrected chi connectivity index (χ4v) is 1.97. The molecule has 1 N–H and O–H groups in total. The van der Waals surface area contributed by atoms with Crippen LogP contribution in [0.5, 0.6) is 0 Å². The van der Waals surface area contributed by atoms with Crippen LogP contribution in [0.15, 0.2) is 0 Å². The third-order valence-corrected chi connectivity index (χ3v) is 2.60. The Balaban J connectivity index is 2.50. The average Bonchev–Trinajstić information content (AvgIpc) is 2.30. The first-order valence-electron chi connectivity index (χ1n) is 4.57. The molecule has 1 heterocycles. The number of hydrogen-bond donors (Lipinski definition) is 1. The van der Waals surface area contributed by atoms with E-state index in [2.05, 4.69) is 25.7 Å². The van der Waals surface area contributed by atoms with Gasteiger partial charge in [0.15, 0.2) is 0 Å². The minimum atomic E-state index is -0.0812. The molecule has 0 aromatic rings. The fraction of sp³-hybridized carbons (Fsp3) is 1.00. The van der Waals surface area contributed by atoms with E-state index in [-0.39, 0.29) is 6.10 Å². The molecule has 0 bridgehead atoms. The van der Waals surface area contributed by atoms with Crippen LogP contribution in [0.3, 0.4) is 0 Å². The maximum Gasteiger partial charge on any atom is 0.0682 e. The summed E-state index contributed by atoms with van der Waals surface area (Å²) < 4.78 is 0. The first-order chi connectivity index (χ1) is 5.15. The van der Waals surface area contributed by atoms with Crippen molar-refractivity contribution >= 4 is 0 Å². The number of nitrogens with zero attached hydrogens (tertiary/aromatic N) is 1. The molecule has 1 rings (SSSR count). The number of rotatable bonds is 2. The maximum atomic E-state index is 9.41. The second-order valence-electron chi connectivity index (χ2n) is 3.79. The highest BCUT2D eigenvalue weighted by Crippen LogP contribution is 2.23. The molecule has 2 atom stereocenters. The molecule has 0 aromatic carbocycles. The van der Waals surface area contributed by atoms with Crippen molar-refractivity contribution in [2.75, 3.05) is 13.1 Å². The third-order valence-electron chi connectivity index (χ3n) is 2.60. The lowest BCUT2D eigenvalue weighted by Gasteiger charge is -2.25. The van der Waals surface area contributed by atoms with Gasteiger partial charge in [-0.05, 0) is 18.9 Å². The van der Waals surface area contributed by atoms with Crippen molar-refractivity contribution in [3.63, 3.8) is 0 Å². The van der Waals surface area contributed by atoms with Crippen LogP contribution in [-0.4, -0.2) is 35.2 Å². The molecule has 0 unspecified atom stereocenters. The van der Waals surface area contributed by atoms with Gasteiger partial charge in [0, 0.05) is 12.6 Å². The zero-order chi connectivity index (χ0) is 8.43. The van der Waals surface area contributed by atoms with Gasteiger partial charge in [0.05, 0.1) is 6.10 Å². The van der Waals surface area contributed by atoms with Gasteiger partial charge in [0.1, 0.15) is 0 Å². The summed E-state index contributed by atoms with van der Waals surface area (Å²) in [5.74, 6) is 0.673. The van der Waals surface area contributed by atoms with E-state index < -0.39 is 0 Å². The van der Waals surface area contributed by atoms with Crippen LogP contribution in [-0.2, 0) is 0 Å². The molecule has 1 saturated heterocycles. The summed E-state index contributed by atoms with van der Waals surface area (Å²) in [6.07, 6.45) is 0.883. The van der Waals surface area contributed by atoms with Crippen molar-refractivity contribution in [2.45, 2.75) is 39.3 Å². The topological polar surface area (TPSA) is 23.5 Å². The minimum absolute atomic E-state index is 0.0812. The molecular formula is C9H19NO. The van der Waals surface area contributed by atoms with E-state index in [1.807, 2.05) is 0 Å². The quantitative estimate of drug-likeness (QED) is 0.649. The molecule has 1 aliphatic rings. The smallest absolute Gasteiger partial charge is 0.0682 e. The SMILES string of the molecule is CCN1C[C@@H](O)C[C@H]1C(C)C. The largest absolute Gasteiger partial charge is 0.392 e. The molecule has 0 amide bonds. The van der Waals surface area contributed by atoms with Crippen LogP contribution in [0.25, 0.3) is 0 Å². The number of hydrogen-bond acceptors (Lipinski definition) is 2. The Hall–Kier alpha value is -0.0800. The molecular weight excluding hydrogens is 138 g/mol. The summed E-state index contributed by atoms with van der Waals surface area (Å²) in [5, 5.41) is 9.41. The van der Waals surface area contributed by atoms with E-state index in [0.29, 0.717) is 12.0 Å². The summed E-state index contributed by atoms with van der Waals surface area (Å²) in [4.78, 5) is 2.37. The van der Waals surface area contributed by atoms with Gasteiger partial charge < -0.3 is 5.11 Å². The van der Waals surface area contributed by atoms with Crippen molar-refractivity contribution in [3.05, 3.63) is 0 Å². The van der Waals surface area contributed by atoms with Gasteiger partial charge in [-0.2, -0.15) is 0 Å². The minimum Gasteiger partial charge on any atom is -0.392 e. The predicted octanol–water partition coefficient (Wildman–Crippen LogP) is 1.10. The van der Waals surface area contributed by atoms with Crippen LogP contribution in [0.4, 0.5) is 0 Å². The van der Waals surface area contributed by atoms with E-state index in [1.54, 1.807) is 0 Å².